The minimum absolute atomic E-state index is 0.00225. The molecule has 0 saturated carbocycles. The van der Waals surface area contributed by atoms with Crippen molar-refractivity contribution in [3.05, 3.63) is 53.6 Å². The van der Waals surface area contributed by atoms with E-state index in [4.69, 9.17) is 9.47 Å². The number of carbonyl (C=O) groups excluding carboxylic acids is 2. The first-order valence-corrected chi connectivity index (χ1v) is 11.4. The van der Waals surface area contributed by atoms with Crippen LogP contribution in [0.25, 0.3) is 0 Å². The molecule has 1 aliphatic rings. The van der Waals surface area contributed by atoms with Crippen LogP contribution in [0.4, 0.5) is 8.78 Å². The summed E-state index contributed by atoms with van der Waals surface area (Å²) in [4.78, 5) is 27.0. The topological polar surface area (TPSA) is 77.1 Å². The molecule has 2 aromatic carbocycles. The number of hydrogen-bond acceptors (Lipinski definition) is 5. The Labute approximate surface area is 198 Å². The van der Waals surface area contributed by atoms with E-state index in [2.05, 4.69) is 10.1 Å². The summed E-state index contributed by atoms with van der Waals surface area (Å²) in [6.45, 7) is 2.23. The van der Waals surface area contributed by atoms with Crippen molar-refractivity contribution in [1.29, 1.82) is 0 Å². The highest BCUT2D eigenvalue weighted by molar-refractivity contribution is 5.95. The van der Waals surface area contributed by atoms with Crippen LogP contribution >= 0.6 is 0 Å². The molecule has 0 bridgehead atoms. The Morgan fingerprint density at radius 3 is 2.44 bits per heavy atom. The molecule has 1 saturated heterocycles. The molecule has 0 aromatic heterocycles. The largest absolute Gasteiger partial charge is 0.490 e. The average Bonchev–Trinajstić information content (AvgIpc) is 2.83. The lowest BCUT2D eigenvalue weighted by Crippen LogP contribution is -2.38. The van der Waals surface area contributed by atoms with Gasteiger partial charge >= 0.3 is 6.61 Å². The number of halogens is 2. The first-order valence-electron chi connectivity index (χ1n) is 11.4. The minimum Gasteiger partial charge on any atom is -0.490 e. The lowest BCUT2D eigenvalue weighted by atomic mass is 10.1. The van der Waals surface area contributed by atoms with Gasteiger partial charge in [-0.3, -0.25) is 9.59 Å². The number of carbonyl (C=O) groups is 2. The zero-order valence-corrected chi connectivity index (χ0v) is 19.4. The maximum absolute atomic E-state index is 12.8. The summed E-state index contributed by atoms with van der Waals surface area (Å²) in [5.41, 5.74) is 0.731. The number of piperidine rings is 1. The van der Waals surface area contributed by atoms with Crippen molar-refractivity contribution < 1.29 is 32.6 Å². The molecule has 3 rings (SSSR count). The van der Waals surface area contributed by atoms with Crippen molar-refractivity contribution in [3.8, 4) is 17.2 Å². The highest BCUT2D eigenvalue weighted by Gasteiger charge is 2.20. The molecule has 1 heterocycles. The molecule has 9 heteroatoms. The normalized spacial score (nSPS) is 14.4. The number of ether oxygens (including phenoxy) is 3. The molecule has 0 aliphatic carbocycles. The second-order valence-electron chi connectivity index (χ2n) is 7.94. The van der Waals surface area contributed by atoms with Crippen LogP contribution in [0.3, 0.4) is 0 Å². The Balaban J connectivity index is 1.68. The lowest BCUT2D eigenvalue weighted by molar-refractivity contribution is -0.134. The van der Waals surface area contributed by atoms with Crippen molar-refractivity contribution in [3.63, 3.8) is 0 Å². The zero-order valence-electron chi connectivity index (χ0n) is 19.4. The second-order valence-corrected chi connectivity index (χ2v) is 7.94. The van der Waals surface area contributed by atoms with E-state index in [1.54, 1.807) is 49.1 Å². The van der Waals surface area contributed by atoms with Crippen LogP contribution in [0.15, 0.2) is 42.5 Å². The van der Waals surface area contributed by atoms with Crippen molar-refractivity contribution >= 4 is 11.8 Å². The minimum atomic E-state index is -2.97. The Morgan fingerprint density at radius 1 is 1.00 bits per heavy atom. The molecule has 1 unspecified atom stereocenters. The van der Waals surface area contributed by atoms with Gasteiger partial charge in [0.15, 0.2) is 18.1 Å². The summed E-state index contributed by atoms with van der Waals surface area (Å²) in [6.07, 6.45) is 3.12. The van der Waals surface area contributed by atoms with Crippen molar-refractivity contribution in [2.75, 3.05) is 26.3 Å². The van der Waals surface area contributed by atoms with Crippen molar-refractivity contribution in [1.82, 2.24) is 10.2 Å². The highest BCUT2D eigenvalue weighted by atomic mass is 19.3. The van der Waals surface area contributed by atoms with Crippen LogP contribution in [-0.2, 0) is 4.79 Å². The summed E-state index contributed by atoms with van der Waals surface area (Å²) < 4.78 is 41.3. The molecule has 7 nitrogen and oxygen atoms in total. The fourth-order valence-electron chi connectivity index (χ4n) is 3.81. The Hall–Kier alpha value is -3.36. The van der Waals surface area contributed by atoms with E-state index in [1.165, 1.54) is 12.1 Å². The maximum atomic E-state index is 12.8. The number of benzene rings is 2. The van der Waals surface area contributed by atoms with Gasteiger partial charge in [-0.15, -0.1) is 0 Å². The molecule has 1 N–H and O–H groups in total. The van der Waals surface area contributed by atoms with Gasteiger partial charge in [0, 0.05) is 24.2 Å². The molecular formula is C25H30F2N2O5. The van der Waals surface area contributed by atoms with Crippen molar-refractivity contribution in [2.24, 2.45) is 0 Å². The number of nitrogens with zero attached hydrogens (tertiary/aromatic N) is 1. The average molecular weight is 477 g/mol. The molecule has 2 amide bonds. The standard InChI is InChI=1S/C25H30F2N2O5/c1-3-32-22-15-18(11-12-21(22)33-16-23(30)29-13-7-4-8-14-29)24(31)28-17(2)19-9-5-6-10-20(19)34-25(26)27/h5-6,9-12,15,17,25H,3-4,7-8,13-14,16H2,1-2H3,(H,28,31). The Morgan fingerprint density at radius 2 is 1.74 bits per heavy atom. The predicted molar refractivity (Wildman–Crippen MR) is 122 cm³/mol. The number of likely N-dealkylation sites (tertiary alicyclic amines) is 1. The SMILES string of the molecule is CCOc1cc(C(=O)NC(C)c2ccccc2OC(F)F)ccc1OCC(=O)N1CCCCC1. The lowest BCUT2D eigenvalue weighted by Gasteiger charge is -2.26. The van der Waals surface area contributed by atoms with Gasteiger partial charge in [0.05, 0.1) is 12.6 Å². The van der Waals surface area contributed by atoms with Crippen LogP contribution < -0.4 is 19.5 Å². The molecule has 1 aliphatic heterocycles. The van der Waals surface area contributed by atoms with E-state index in [9.17, 15) is 18.4 Å². The van der Waals surface area contributed by atoms with E-state index < -0.39 is 18.6 Å². The van der Waals surface area contributed by atoms with E-state index in [0.717, 1.165) is 32.4 Å². The number of nitrogens with one attached hydrogen (secondary N) is 1. The maximum Gasteiger partial charge on any atom is 0.387 e. The molecule has 0 radical (unpaired) electrons. The van der Waals surface area contributed by atoms with Crippen LogP contribution in [0.2, 0.25) is 0 Å². The number of alkyl halides is 2. The van der Waals surface area contributed by atoms with Gasteiger partial charge in [0.2, 0.25) is 0 Å². The summed E-state index contributed by atoms with van der Waals surface area (Å²) in [5, 5.41) is 2.79. The van der Waals surface area contributed by atoms with Gasteiger partial charge in [-0.25, -0.2) is 0 Å². The van der Waals surface area contributed by atoms with Crippen LogP contribution in [0.1, 0.15) is 55.1 Å². The molecule has 0 spiro atoms. The van der Waals surface area contributed by atoms with E-state index in [1.807, 2.05) is 0 Å². The summed E-state index contributed by atoms with van der Waals surface area (Å²) in [5.74, 6) is 0.212. The van der Waals surface area contributed by atoms with Gasteiger partial charge in [0.25, 0.3) is 11.8 Å². The summed E-state index contributed by atoms with van der Waals surface area (Å²) in [7, 11) is 0. The first kappa shape index (κ1) is 25.3. The first-order chi connectivity index (χ1) is 16.4. The van der Waals surface area contributed by atoms with Crippen LogP contribution in [0.5, 0.6) is 17.2 Å². The number of rotatable bonds is 10. The Bertz CT molecular complexity index is 980. The van der Waals surface area contributed by atoms with Gasteiger partial charge < -0.3 is 24.4 Å². The predicted octanol–water partition coefficient (Wildman–Crippen LogP) is 4.57. The highest BCUT2D eigenvalue weighted by Crippen LogP contribution is 2.30. The molecule has 1 fully saturated rings. The molecule has 1 atom stereocenters. The number of amides is 2. The van der Waals surface area contributed by atoms with Gasteiger partial charge in [-0.05, 0) is 57.4 Å². The fraction of sp³-hybridized carbons (Fsp3) is 0.440. The van der Waals surface area contributed by atoms with E-state index in [0.29, 0.717) is 29.2 Å². The monoisotopic (exact) mass is 476 g/mol. The third kappa shape index (κ3) is 6.82. The van der Waals surface area contributed by atoms with Crippen LogP contribution in [-0.4, -0.2) is 49.6 Å². The van der Waals surface area contributed by atoms with Crippen LogP contribution in [0, 0.1) is 0 Å². The summed E-state index contributed by atoms with van der Waals surface area (Å²) in [6, 6.07) is 10.4. The fourth-order valence-corrected chi connectivity index (χ4v) is 3.81. The van der Waals surface area contributed by atoms with E-state index in [-0.39, 0.29) is 18.3 Å². The number of hydrogen-bond donors (Lipinski definition) is 1. The zero-order chi connectivity index (χ0) is 24.5. The molecule has 34 heavy (non-hydrogen) atoms. The third-order valence-electron chi connectivity index (χ3n) is 5.51. The second kappa shape index (κ2) is 12.2. The van der Waals surface area contributed by atoms with Gasteiger partial charge in [-0.1, -0.05) is 18.2 Å². The quantitative estimate of drug-likeness (QED) is 0.544. The summed E-state index contributed by atoms with van der Waals surface area (Å²) >= 11 is 0. The number of para-hydroxylation sites is 1. The smallest absolute Gasteiger partial charge is 0.387 e. The molecule has 2 aromatic rings. The van der Waals surface area contributed by atoms with Crippen molar-refractivity contribution in [2.45, 2.75) is 45.8 Å². The van der Waals surface area contributed by atoms with Gasteiger partial charge in [-0.2, -0.15) is 8.78 Å². The molecule has 184 valence electrons. The van der Waals surface area contributed by atoms with Gasteiger partial charge in [0.1, 0.15) is 5.75 Å². The Kier molecular flexibility index (Phi) is 9.07. The third-order valence-corrected chi connectivity index (χ3v) is 5.51. The van der Waals surface area contributed by atoms with E-state index >= 15 is 0 Å². The molecular weight excluding hydrogens is 446 g/mol.